The highest BCUT2D eigenvalue weighted by Gasteiger charge is 2.20. The Balaban J connectivity index is 2.13. The van der Waals surface area contributed by atoms with Gasteiger partial charge in [-0.25, -0.2) is 0 Å². The quantitative estimate of drug-likeness (QED) is 0.879. The van der Waals surface area contributed by atoms with E-state index in [-0.39, 0.29) is 11.9 Å². The lowest BCUT2D eigenvalue weighted by molar-refractivity contribution is 0.0930. The molecule has 0 spiro atoms. The summed E-state index contributed by atoms with van der Waals surface area (Å²) in [6.07, 6.45) is 0. The van der Waals surface area contributed by atoms with E-state index in [0.29, 0.717) is 15.1 Å². The van der Waals surface area contributed by atoms with Crippen LogP contribution < -0.4 is 5.32 Å². The van der Waals surface area contributed by atoms with Gasteiger partial charge in [0, 0.05) is 4.88 Å². The van der Waals surface area contributed by atoms with Gasteiger partial charge in [0.1, 0.15) is 0 Å². The molecule has 1 amide bonds. The van der Waals surface area contributed by atoms with E-state index in [4.69, 9.17) is 11.6 Å². The molecule has 5 heteroatoms. The van der Waals surface area contributed by atoms with Gasteiger partial charge in [-0.2, -0.15) is 0 Å². The van der Waals surface area contributed by atoms with Crippen molar-refractivity contribution in [2.75, 3.05) is 0 Å². The van der Waals surface area contributed by atoms with E-state index >= 15 is 0 Å². The molecule has 1 unspecified atom stereocenters. The van der Waals surface area contributed by atoms with Crippen molar-refractivity contribution in [1.82, 2.24) is 5.32 Å². The Labute approximate surface area is 120 Å². The number of carbonyl (C=O) groups excluding carboxylic acids is 1. The van der Waals surface area contributed by atoms with Crippen molar-refractivity contribution < 1.29 is 4.79 Å². The number of rotatable bonds is 4. The zero-order valence-electron chi connectivity index (χ0n) is 10.1. The van der Waals surface area contributed by atoms with Crippen molar-refractivity contribution in [2.24, 2.45) is 5.92 Å². The van der Waals surface area contributed by atoms with Crippen LogP contribution in [0.3, 0.4) is 0 Å². The first-order valence-corrected chi connectivity index (χ1v) is 7.75. The van der Waals surface area contributed by atoms with Crippen LogP contribution in [-0.2, 0) is 0 Å². The van der Waals surface area contributed by atoms with Crippen molar-refractivity contribution in [1.29, 1.82) is 0 Å². The molecular formula is C13H14ClNOS2. The smallest absolute Gasteiger partial charge is 0.261 e. The van der Waals surface area contributed by atoms with Gasteiger partial charge < -0.3 is 5.32 Å². The minimum Gasteiger partial charge on any atom is -0.343 e. The summed E-state index contributed by atoms with van der Waals surface area (Å²) in [6, 6.07) is 7.61. The van der Waals surface area contributed by atoms with Crippen LogP contribution in [0.4, 0.5) is 0 Å². The molecule has 0 saturated carbocycles. The van der Waals surface area contributed by atoms with Crippen molar-refractivity contribution in [3.63, 3.8) is 0 Å². The van der Waals surface area contributed by atoms with Crippen LogP contribution >= 0.6 is 34.3 Å². The maximum atomic E-state index is 12.1. The predicted molar refractivity (Wildman–Crippen MR) is 78.7 cm³/mol. The van der Waals surface area contributed by atoms with Crippen molar-refractivity contribution >= 4 is 40.2 Å². The lowest BCUT2D eigenvalue weighted by Gasteiger charge is -2.20. The monoisotopic (exact) mass is 299 g/mol. The first kappa shape index (κ1) is 13.6. The Kier molecular flexibility index (Phi) is 4.43. The van der Waals surface area contributed by atoms with Gasteiger partial charge in [0.2, 0.25) is 0 Å². The molecule has 1 atom stereocenters. The number of hydrogen-bond donors (Lipinski definition) is 1. The largest absolute Gasteiger partial charge is 0.343 e. The van der Waals surface area contributed by atoms with E-state index in [1.54, 1.807) is 23.5 Å². The zero-order chi connectivity index (χ0) is 13.1. The summed E-state index contributed by atoms with van der Waals surface area (Å²) in [7, 11) is 0. The second-order valence-corrected chi connectivity index (χ2v) is 7.01. The number of halogens is 1. The van der Waals surface area contributed by atoms with Gasteiger partial charge in [-0.15, -0.1) is 22.7 Å². The van der Waals surface area contributed by atoms with Crippen LogP contribution in [0.5, 0.6) is 0 Å². The highest BCUT2D eigenvalue weighted by atomic mass is 35.5. The molecule has 0 aromatic carbocycles. The van der Waals surface area contributed by atoms with Gasteiger partial charge >= 0.3 is 0 Å². The molecule has 2 rings (SSSR count). The van der Waals surface area contributed by atoms with Crippen LogP contribution in [0.2, 0.25) is 4.34 Å². The van der Waals surface area contributed by atoms with Crippen LogP contribution in [0.1, 0.15) is 34.4 Å². The van der Waals surface area contributed by atoms with Crippen LogP contribution in [0, 0.1) is 5.92 Å². The molecule has 2 aromatic rings. The molecule has 0 fully saturated rings. The number of hydrogen-bond acceptors (Lipinski definition) is 3. The molecule has 1 N–H and O–H groups in total. The molecule has 0 bridgehead atoms. The van der Waals surface area contributed by atoms with Crippen LogP contribution in [0.25, 0.3) is 0 Å². The molecule has 18 heavy (non-hydrogen) atoms. The molecule has 2 heterocycles. The second kappa shape index (κ2) is 5.87. The van der Waals surface area contributed by atoms with Gasteiger partial charge in [0.05, 0.1) is 15.3 Å². The molecule has 96 valence electrons. The van der Waals surface area contributed by atoms with Gasteiger partial charge in [-0.3, -0.25) is 4.79 Å². The first-order valence-electron chi connectivity index (χ1n) is 5.67. The Bertz CT molecular complexity index is 519. The van der Waals surface area contributed by atoms with Gasteiger partial charge in [-0.1, -0.05) is 31.5 Å². The summed E-state index contributed by atoms with van der Waals surface area (Å²) in [5.74, 6) is 0.294. The van der Waals surface area contributed by atoms with Gasteiger partial charge in [0.15, 0.2) is 0 Å². The fourth-order valence-electron chi connectivity index (χ4n) is 1.68. The molecule has 0 radical (unpaired) electrons. The van der Waals surface area contributed by atoms with Gasteiger partial charge in [0.25, 0.3) is 5.91 Å². The van der Waals surface area contributed by atoms with Crippen LogP contribution in [0.15, 0.2) is 29.6 Å². The lowest BCUT2D eigenvalue weighted by Crippen LogP contribution is -2.30. The van der Waals surface area contributed by atoms with Crippen molar-refractivity contribution in [3.8, 4) is 0 Å². The Morgan fingerprint density at radius 3 is 2.61 bits per heavy atom. The Hall–Kier alpha value is -0.840. The zero-order valence-corrected chi connectivity index (χ0v) is 12.5. The summed E-state index contributed by atoms with van der Waals surface area (Å²) in [5.41, 5.74) is 0. The minimum absolute atomic E-state index is 0.0541. The summed E-state index contributed by atoms with van der Waals surface area (Å²) in [6.45, 7) is 4.21. The maximum absolute atomic E-state index is 12.1. The normalized spacial score (nSPS) is 12.7. The van der Waals surface area contributed by atoms with E-state index in [2.05, 4.69) is 25.2 Å². The molecule has 0 aliphatic heterocycles. The molecule has 0 saturated heterocycles. The van der Waals surface area contributed by atoms with E-state index in [0.717, 1.165) is 0 Å². The lowest BCUT2D eigenvalue weighted by atomic mass is 10.0. The summed E-state index contributed by atoms with van der Waals surface area (Å²) >= 11 is 8.81. The highest BCUT2D eigenvalue weighted by molar-refractivity contribution is 7.18. The number of amides is 1. The first-order chi connectivity index (χ1) is 8.58. The highest BCUT2D eigenvalue weighted by Crippen LogP contribution is 2.27. The third kappa shape index (κ3) is 3.13. The SMILES string of the molecule is CC(C)C(NC(=O)c1ccc(Cl)s1)c1cccs1. The summed E-state index contributed by atoms with van der Waals surface area (Å²) < 4.78 is 0.636. The van der Waals surface area contributed by atoms with Gasteiger partial charge in [-0.05, 0) is 29.5 Å². The molecule has 0 aliphatic rings. The predicted octanol–water partition coefficient (Wildman–Crippen LogP) is 4.59. The van der Waals surface area contributed by atoms with E-state index in [1.807, 2.05) is 11.4 Å². The summed E-state index contributed by atoms with van der Waals surface area (Å²) in [5, 5.41) is 5.10. The van der Waals surface area contributed by atoms with E-state index in [9.17, 15) is 4.79 Å². The van der Waals surface area contributed by atoms with E-state index < -0.39 is 0 Å². The topological polar surface area (TPSA) is 29.1 Å². The third-order valence-electron chi connectivity index (χ3n) is 2.60. The molecular weight excluding hydrogens is 286 g/mol. The Morgan fingerprint density at radius 2 is 2.11 bits per heavy atom. The fraction of sp³-hybridized carbons (Fsp3) is 0.308. The standard InChI is InChI=1S/C13H14ClNOS2/c1-8(2)12(9-4-3-7-17-9)15-13(16)10-5-6-11(14)18-10/h3-8,12H,1-2H3,(H,15,16). The number of carbonyl (C=O) groups is 1. The third-order valence-corrected chi connectivity index (χ3v) is 4.79. The average Bonchev–Trinajstić information content (AvgIpc) is 2.95. The fourth-order valence-corrected chi connectivity index (χ4v) is 3.58. The summed E-state index contributed by atoms with van der Waals surface area (Å²) in [4.78, 5) is 13.9. The second-order valence-electron chi connectivity index (χ2n) is 4.31. The number of nitrogens with one attached hydrogen (secondary N) is 1. The minimum atomic E-state index is -0.0565. The number of thiophene rings is 2. The molecule has 2 nitrogen and oxygen atoms in total. The average molecular weight is 300 g/mol. The van der Waals surface area contributed by atoms with Crippen molar-refractivity contribution in [2.45, 2.75) is 19.9 Å². The van der Waals surface area contributed by atoms with E-state index in [1.165, 1.54) is 16.2 Å². The Morgan fingerprint density at radius 1 is 1.33 bits per heavy atom. The maximum Gasteiger partial charge on any atom is 0.261 e. The van der Waals surface area contributed by atoms with Crippen molar-refractivity contribution in [3.05, 3.63) is 43.7 Å². The molecule has 2 aromatic heterocycles. The van der Waals surface area contributed by atoms with Crippen LogP contribution in [-0.4, -0.2) is 5.91 Å². The molecule has 0 aliphatic carbocycles.